The number of thioether (sulfide) groups is 1. The number of aryl methyl sites for hydroxylation is 1. The van der Waals surface area contributed by atoms with Gasteiger partial charge in [0.15, 0.2) is 0 Å². The number of amides is 1. The third-order valence-corrected chi connectivity index (χ3v) is 5.65. The van der Waals surface area contributed by atoms with Crippen LogP contribution in [0.15, 0.2) is 77.8 Å². The lowest BCUT2D eigenvalue weighted by Crippen LogP contribution is -2.15. The smallest absolute Gasteiger partial charge is 0.234 e. The van der Waals surface area contributed by atoms with E-state index in [9.17, 15) is 4.79 Å². The molecule has 1 N–H and O–H groups in total. The zero-order chi connectivity index (χ0) is 20.9. The number of rotatable bonds is 6. The summed E-state index contributed by atoms with van der Waals surface area (Å²) in [5, 5.41) is 14.5. The lowest BCUT2D eigenvalue weighted by molar-refractivity contribution is -0.113. The van der Waals surface area contributed by atoms with Crippen LogP contribution in [0.3, 0.4) is 0 Å². The quantitative estimate of drug-likeness (QED) is 0.430. The van der Waals surface area contributed by atoms with Crippen molar-refractivity contribution in [2.75, 3.05) is 18.2 Å². The van der Waals surface area contributed by atoms with Gasteiger partial charge in [-0.2, -0.15) is 0 Å². The minimum Gasteiger partial charge on any atom is -0.495 e. The lowest BCUT2D eigenvalue weighted by Gasteiger charge is -2.11. The standard InChI is InChI=1S/C24H21N3O2S/c1-16-12-13-21(29-2)20(14-16)25-22(28)15-30-24-19-11-7-6-10-18(19)23(26-27-24)17-8-4-3-5-9-17/h3-14H,15H2,1-2H3,(H,25,28). The van der Waals surface area contributed by atoms with E-state index in [2.05, 4.69) is 15.5 Å². The Morgan fingerprint density at radius 2 is 1.70 bits per heavy atom. The fourth-order valence-corrected chi connectivity index (χ4v) is 4.01. The van der Waals surface area contributed by atoms with Gasteiger partial charge in [-0.25, -0.2) is 0 Å². The minimum atomic E-state index is -0.123. The number of nitrogens with zero attached hydrogens (tertiary/aromatic N) is 2. The van der Waals surface area contributed by atoms with Crippen LogP contribution in [-0.2, 0) is 4.79 Å². The van der Waals surface area contributed by atoms with Crippen molar-refractivity contribution in [2.24, 2.45) is 0 Å². The first-order valence-corrected chi connectivity index (χ1v) is 10.5. The highest BCUT2D eigenvalue weighted by atomic mass is 32.2. The number of carbonyl (C=O) groups excluding carboxylic acids is 1. The molecule has 1 heterocycles. The van der Waals surface area contributed by atoms with Gasteiger partial charge in [-0.1, -0.05) is 72.4 Å². The van der Waals surface area contributed by atoms with E-state index in [1.807, 2.05) is 79.7 Å². The molecule has 1 amide bonds. The first kappa shape index (κ1) is 19.9. The van der Waals surface area contributed by atoms with Crippen molar-refractivity contribution in [1.82, 2.24) is 10.2 Å². The van der Waals surface area contributed by atoms with Gasteiger partial charge < -0.3 is 10.1 Å². The van der Waals surface area contributed by atoms with Crippen molar-refractivity contribution in [3.05, 3.63) is 78.4 Å². The van der Waals surface area contributed by atoms with E-state index in [0.717, 1.165) is 32.6 Å². The van der Waals surface area contributed by atoms with Crippen molar-refractivity contribution >= 4 is 34.1 Å². The summed E-state index contributed by atoms with van der Waals surface area (Å²) in [7, 11) is 1.59. The van der Waals surface area contributed by atoms with Crippen LogP contribution >= 0.6 is 11.8 Å². The number of hydrogen-bond donors (Lipinski definition) is 1. The van der Waals surface area contributed by atoms with E-state index in [1.165, 1.54) is 11.8 Å². The van der Waals surface area contributed by atoms with Gasteiger partial charge in [0.25, 0.3) is 0 Å². The Hall–Kier alpha value is -3.38. The molecule has 0 aliphatic rings. The molecule has 30 heavy (non-hydrogen) atoms. The third-order valence-electron chi connectivity index (χ3n) is 4.67. The topological polar surface area (TPSA) is 64.1 Å². The first-order chi connectivity index (χ1) is 14.7. The number of aromatic nitrogens is 2. The van der Waals surface area contributed by atoms with Gasteiger partial charge >= 0.3 is 0 Å². The average molecular weight is 416 g/mol. The molecule has 6 heteroatoms. The highest BCUT2D eigenvalue weighted by Gasteiger charge is 2.14. The Labute approximate surface area is 179 Å². The maximum absolute atomic E-state index is 12.6. The van der Waals surface area contributed by atoms with Crippen LogP contribution in [0.25, 0.3) is 22.0 Å². The van der Waals surface area contributed by atoms with Gasteiger partial charge in [0.1, 0.15) is 16.5 Å². The zero-order valence-corrected chi connectivity index (χ0v) is 17.6. The summed E-state index contributed by atoms with van der Waals surface area (Å²) in [6.07, 6.45) is 0. The average Bonchev–Trinajstić information content (AvgIpc) is 2.78. The molecule has 3 aromatic carbocycles. The molecule has 1 aromatic heterocycles. The van der Waals surface area contributed by atoms with Gasteiger partial charge in [0.2, 0.25) is 5.91 Å². The molecular weight excluding hydrogens is 394 g/mol. The van der Waals surface area contributed by atoms with E-state index in [1.54, 1.807) is 7.11 Å². The number of benzene rings is 3. The molecule has 0 radical (unpaired) electrons. The monoisotopic (exact) mass is 415 g/mol. The SMILES string of the molecule is COc1ccc(C)cc1NC(=O)CSc1nnc(-c2ccccc2)c2ccccc12. The second-order valence-electron chi connectivity index (χ2n) is 6.81. The molecule has 0 unspecified atom stereocenters. The van der Waals surface area contributed by atoms with Crippen LogP contribution in [-0.4, -0.2) is 29.0 Å². The summed E-state index contributed by atoms with van der Waals surface area (Å²) in [6.45, 7) is 1.97. The fourth-order valence-electron chi connectivity index (χ4n) is 3.23. The summed E-state index contributed by atoms with van der Waals surface area (Å²) >= 11 is 1.37. The van der Waals surface area contributed by atoms with Crippen LogP contribution in [0.2, 0.25) is 0 Å². The maximum Gasteiger partial charge on any atom is 0.234 e. The van der Waals surface area contributed by atoms with Gasteiger partial charge in [-0.3, -0.25) is 4.79 Å². The molecule has 150 valence electrons. The van der Waals surface area contributed by atoms with Gasteiger partial charge in [-0.15, -0.1) is 10.2 Å². The Morgan fingerprint density at radius 3 is 2.47 bits per heavy atom. The summed E-state index contributed by atoms with van der Waals surface area (Å²) in [5.41, 5.74) is 3.57. The summed E-state index contributed by atoms with van der Waals surface area (Å²) in [5.74, 6) is 0.735. The molecule has 4 aromatic rings. The molecular formula is C24H21N3O2S. The summed E-state index contributed by atoms with van der Waals surface area (Å²) < 4.78 is 5.33. The second kappa shape index (κ2) is 8.97. The summed E-state index contributed by atoms with van der Waals surface area (Å²) in [4.78, 5) is 12.6. The fraction of sp³-hybridized carbons (Fsp3) is 0.125. The maximum atomic E-state index is 12.6. The molecule has 0 spiro atoms. The van der Waals surface area contributed by atoms with Crippen LogP contribution in [0.1, 0.15) is 5.56 Å². The number of fused-ring (bicyclic) bond motifs is 1. The highest BCUT2D eigenvalue weighted by molar-refractivity contribution is 8.00. The summed E-state index contributed by atoms with van der Waals surface area (Å²) in [6, 6.07) is 23.7. The Bertz CT molecular complexity index is 1200. The normalized spacial score (nSPS) is 10.7. The number of carbonyl (C=O) groups is 1. The number of hydrogen-bond acceptors (Lipinski definition) is 5. The van der Waals surface area contributed by atoms with E-state index in [0.29, 0.717) is 11.4 Å². The van der Waals surface area contributed by atoms with Crippen LogP contribution in [0, 0.1) is 6.92 Å². The second-order valence-corrected chi connectivity index (χ2v) is 7.77. The van der Waals surface area contributed by atoms with Gasteiger partial charge in [0.05, 0.1) is 18.6 Å². The predicted octanol–water partition coefficient (Wildman–Crippen LogP) is 5.34. The van der Waals surface area contributed by atoms with Crippen molar-refractivity contribution in [1.29, 1.82) is 0 Å². The zero-order valence-electron chi connectivity index (χ0n) is 16.8. The Morgan fingerprint density at radius 1 is 0.967 bits per heavy atom. The Balaban J connectivity index is 1.55. The van der Waals surface area contributed by atoms with Crippen molar-refractivity contribution in [3.63, 3.8) is 0 Å². The van der Waals surface area contributed by atoms with Crippen molar-refractivity contribution in [2.45, 2.75) is 11.9 Å². The van der Waals surface area contributed by atoms with Crippen molar-refractivity contribution in [3.8, 4) is 17.0 Å². The number of nitrogens with one attached hydrogen (secondary N) is 1. The Kier molecular flexibility index (Phi) is 5.95. The predicted molar refractivity (Wildman–Crippen MR) is 122 cm³/mol. The largest absolute Gasteiger partial charge is 0.495 e. The van der Waals surface area contributed by atoms with Crippen LogP contribution in [0.5, 0.6) is 5.75 Å². The lowest BCUT2D eigenvalue weighted by atomic mass is 10.1. The van der Waals surface area contributed by atoms with E-state index in [-0.39, 0.29) is 11.7 Å². The number of anilines is 1. The van der Waals surface area contributed by atoms with E-state index < -0.39 is 0 Å². The number of methoxy groups -OCH3 is 1. The highest BCUT2D eigenvalue weighted by Crippen LogP contribution is 2.32. The molecule has 0 aliphatic heterocycles. The molecule has 4 rings (SSSR count). The third kappa shape index (κ3) is 4.28. The van der Waals surface area contributed by atoms with Gasteiger partial charge in [-0.05, 0) is 24.6 Å². The van der Waals surface area contributed by atoms with Crippen molar-refractivity contribution < 1.29 is 9.53 Å². The first-order valence-electron chi connectivity index (χ1n) is 9.54. The molecule has 5 nitrogen and oxygen atoms in total. The molecule has 0 saturated carbocycles. The minimum absolute atomic E-state index is 0.123. The molecule has 0 bridgehead atoms. The van der Waals surface area contributed by atoms with E-state index >= 15 is 0 Å². The molecule has 0 saturated heterocycles. The van der Waals surface area contributed by atoms with E-state index in [4.69, 9.17) is 4.74 Å². The molecule has 0 aliphatic carbocycles. The van der Waals surface area contributed by atoms with Crippen LogP contribution < -0.4 is 10.1 Å². The number of ether oxygens (including phenoxy) is 1. The van der Waals surface area contributed by atoms with Crippen LogP contribution in [0.4, 0.5) is 5.69 Å². The van der Waals surface area contributed by atoms with Gasteiger partial charge in [0, 0.05) is 16.3 Å². The molecule has 0 atom stereocenters. The molecule has 0 fully saturated rings.